The zero-order chi connectivity index (χ0) is 27.6. The first kappa shape index (κ1) is 38.3. The van der Waals surface area contributed by atoms with Crippen LogP contribution in [0, 0.1) is 0 Å². The second-order valence-electron chi connectivity index (χ2n) is 8.77. The minimum atomic E-state index is -6.09. The van der Waals surface area contributed by atoms with Crippen LogP contribution < -0.4 is 5.11 Å². The van der Waals surface area contributed by atoms with Crippen molar-refractivity contribution in [2.45, 2.75) is 57.2 Å². The van der Waals surface area contributed by atoms with Gasteiger partial charge >= 0.3 is 22.6 Å². The fraction of sp³-hybridized carbons (Fsp3) is 0.783. The van der Waals surface area contributed by atoms with Crippen LogP contribution in [0.4, 0.5) is 13.2 Å². The molecule has 1 atom stereocenters. The smallest absolute Gasteiger partial charge is 0.853 e. The van der Waals surface area contributed by atoms with Gasteiger partial charge in [-0.1, -0.05) is 38.7 Å². The standard InChI is InChI=1S/C14H24N4.C8H17O2.CHF3O3S.Fe/c1-16-7-8-17(2)10-12-18(11-9-16)13-14-5-3-4-6-15-14;1-2-3-4-5-6-8(10)7-9;2-1(3,4)8(5,6)7;/h3-6H,7-13H2,1-2H3;8,10H,2-7H2,1H3;(H,5,6,7);/q;-1;;+3/p-1. The van der Waals surface area contributed by atoms with Crippen molar-refractivity contribution in [2.75, 3.05) is 60.0 Å². The average Bonchev–Trinajstić information content (AvgIpc) is 2.89. The summed E-state index contributed by atoms with van der Waals surface area (Å²) >= 11 is 0. The Morgan fingerprint density at radius 1 is 1.03 bits per heavy atom. The molecule has 1 aromatic rings. The predicted octanol–water partition coefficient (Wildman–Crippen LogP) is 1.49. The van der Waals surface area contributed by atoms with Crippen LogP contribution in [-0.4, -0.2) is 109 Å². The molecule has 0 bridgehead atoms. The van der Waals surface area contributed by atoms with Gasteiger partial charge in [0.25, 0.3) is 0 Å². The molecule has 2 heterocycles. The number of hydrogen-bond donors (Lipinski definition) is 1. The van der Waals surface area contributed by atoms with Crippen molar-refractivity contribution in [1.29, 1.82) is 0 Å². The first-order valence-electron chi connectivity index (χ1n) is 12.1. The third-order valence-electron chi connectivity index (χ3n) is 5.44. The Morgan fingerprint density at radius 2 is 1.54 bits per heavy atom. The predicted molar refractivity (Wildman–Crippen MR) is 130 cm³/mol. The minimum Gasteiger partial charge on any atom is -0.853 e. The van der Waals surface area contributed by atoms with E-state index in [1.165, 1.54) is 18.5 Å². The van der Waals surface area contributed by atoms with Gasteiger partial charge in [-0.15, -0.1) is 6.61 Å². The Hall–Kier alpha value is -0.831. The number of aromatic nitrogens is 1. The SMILES string of the molecule is CCCCCCC(O)C[O-].CN1CCN(C)CCN(Cc2ccccn2)CC1.O=S(=O)([O-])C(F)(F)F.[Fe+3]. The van der Waals surface area contributed by atoms with E-state index in [0.29, 0.717) is 6.42 Å². The van der Waals surface area contributed by atoms with Crippen LogP contribution in [0.25, 0.3) is 0 Å². The molecule has 0 aromatic carbocycles. The number of likely N-dealkylation sites (N-methyl/N-ethyl adjacent to an activating group) is 2. The summed E-state index contributed by atoms with van der Waals surface area (Å²) in [6, 6.07) is 6.15. The van der Waals surface area contributed by atoms with Crippen LogP contribution in [0.1, 0.15) is 44.7 Å². The Labute approximate surface area is 230 Å². The Balaban J connectivity index is 0. The minimum absolute atomic E-state index is 0. The normalized spacial score (nSPS) is 17.0. The monoisotopic (exact) mass is 598 g/mol. The van der Waals surface area contributed by atoms with E-state index < -0.39 is 21.7 Å². The van der Waals surface area contributed by atoms with Crippen LogP contribution in [0.3, 0.4) is 0 Å². The van der Waals surface area contributed by atoms with E-state index in [1.54, 1.807) is 0 Å². The molecule has 1 fully saturated rings. The molecule has 0 amide bonds. The summed E-state index contributed by atoms with van der Waals surface area (Å²) in [4.78, 5) is 11.7. The zero-order valence-electron chi connectivity index (χ0n) is 21.8. The van der Waals surface area contributed by atoms with Crippen LogP contribution in [0.15, 0.2) is 24.4 Å². The Kier molecular flexibility index (Phi) is 21.8. The van der Waals surface area contributed by atoms with Gasteiger partial charge in [-0.3, -0.25) is 9.88 Å². The Morgan fingerprint density at radius 3 is 1.95 bits per heavy atom. The molecule has 1 radical (unpaired) electrons. The summed E-state index contributed by atoms with van der Waals surface area (Å²) in [6.45, 7) is 9.61. The second kappa shape index (κ2) is 21.0. The number of aliphatic hydroxyl groups excluding tert-OH is 1. The van der Waals surface area contributed by atoms with Gasteiger partial charge in [0.05, 0.1) is 5.69 Å². The van der Waals surface area contributed by atoms with Crippen LogP contribution >= 0.6 is 0 Å². The zero-order valence-corrected chi connectivity index (χ0v) is 23.8. The quantitative estimate of drug-likeness (QED) is 0.205. The fourth-order valence-electron chi connectivity index (χ4n) is 3.07. The first-order valence-corrected chi connectivity index (χ1v) is 13.5. The van der Waals surface area contributed by atoms with Crippen LogP contribution in [0.5, 0.6) is 0 Å². The molecular formula is C23H41F3FeN4O5S+. The fourth-order valence-corrected chi connectivity index (χ4v) is 3.07. The molecule has 1 aliphatic rings. The van der Waals surface area contributed by atoms with Crippen LogP contribution in [-0.2, 0) is 33.7 Å². The van der Waals surface area contributed by atoms with E-state index in [9.17, 15) is 18.3 Å². The summed E-state index contributed by atoms with van der Waals surface area (Å²) < 4.78 is 58.9. The summed E-state index contributed by atoms with van der Waals surface area (Å²) in [7, 11) is -1.68. The van der Waals surface area contributed by atoms with Gasteiger partial charge < -0.3 is 24.6 Å². The molecule has 37 heavy (non-hydrogen) atoms. The third-order valence-corrected chi connectivity index (χ3v) is 6.00. The largest absolute Gasteiger partial charge is 3.00 e. The molecule has 217 valence electrons. The van der Waals surface area contributed by atoms with E-state index in [2.05, 4.69) is 52.8 Å². The molecule has 14 heteroatoms. The maximum atomic E-state index is 10.7. The molecule has 1 saturated heterocycles. The number of nitrogens with zero attached hydrogens (tertiary/aromatic N) is 4. The molecule has 0 saturated carbocycles. The molecular weight excluding hydrogens is 557 g/mol. The number of halogens is 3. The van der Waals surface area contributed by atoms with Crippen LogP contribution in [0.2, 0.25) is 0 Å². The number of unbranched alkanes of at least 4 members (excludes halogenated alkanes) is 3. The second-order valence-corrected chi connectivity index (χ2v) is 10.1. The summed E-state index contributed by atoms with van der Waals surface area (Å²) in [5.41, 5.74) is -4.48. The van der Waals surface area contributed by atoms with Gasteiger partial charge in [-0.2, -0.15) is 13.2 Å². The number of pyridine rings is 1. The molecule has 2 rings (SSSR count). The van der Waals surface area contributed by atoms with E-state index in [1.807, 2.05) is 12.3 Å². The maximum Gasteiger partial charge on any atom is 3.00 e. The number of aliphatic hydroxyl groups is 1. The average molecular weight is 599 g/mol. The van der Waals surface area contributed by atoms with Gasteiger partial charge in [0.15, 0.2) is 10.1 Å². The molecule has 1 unspecified atom stereocenters. The summed E-state index contributed by atoms with van der Waals surface area (Å²) in [6.07, 6.45) is 6.52. The van der Waals surface area contributed by atoms with E-state index in [0.717, 1.165) is 58.7 Å². The van der Waals surface area contributed by atoms with Crippen molar-refractivity contribution >= 4 is 10.1 Å². The van der Waals surface area contributed by atoms with Crippen molar-refractivity contribution in [3.63, 3.8) is 0 Å². The van der Waals surface area contributed by atoms with E-state index >= 15 is 0 Å². The number of alkyl halides is 3. The van der Waals surface area contributed by atoms with Gasteiger partial charge in [0, 0.05) is 58.1 Å². The molecule has 9 nitrogen and oxygen atoms in total. The van der Waals surface area contributed by atoms with Gasteiger partial charge in [0.2, 0.25) is 0 Å². The number of hydrogen-bond acceptors (Lipinski definition) is 9. The maximum absolute atomic E-state index is 10.7. The molecule has 1 aromatic heterocycles. The van der Waals surface area contributed by atoms with E-state index in [-0.39, 0.29) is 23.7 Å². The molecule has 1 N–H and O–H groups in total. The summed E-state index contributed by atoms with van der Waals surface area (Å²) in [5.74, 6) is 0. The van der Waals surface area contributed by atoms with Crippen molar-refractivity contribution in [1.82, 2.24) is 19.7 Å². The topological polar surface area (TPSA) is 123 Å². The van der Waals surface area contributed by atoms with Gasteiger partial charge in [-0.05, 0) is 32.6 Å². The molecule has 1 aliphatic heterocycles. The Bertz CT molecular complexity index is 765. The van der Waals surface area contributed by atoms with Crippen molar-refractivity contribution in [2.24, 2.45) is 0 Å². The van der Waals surface area contributed by atoms with Crippen molar-refractivity contribution in [3.05, 3.63) is 30.1 Å². The first-order chi connectivity index (χ1) is 16.8. The van der Waals surface area contributed by atoms with Gasteiger partial charge in [0.1, 0.15) is 0 Å². The summed E-state index contributed by atoms with van der Waals surface area (Å²) in [5, 5.41) is 18.9. The molecule has 0 aliphatic carbocycles. The van der Waals surface area contributed by atoms with E-state index in [4.69, 9.17) is 18.1 Å². The van der Waals surface area contributed by atoms with Gasteiger partial charge in [-0.25, -0.2) is 8.42 Å². The van der Waals surface area contributed by atoms with Crippen molar-refractivity contribution in [3.8, 4) is 0 Å². The van der Waals surface area contributed by atoms with Crippen molar-refractivity contribution < 1.29 is 53.4 Å². The molecule has 0 spiro atoms. The number of rotatable bonds is 8. The third kappa shape index (κ3) is 20.8.